The lowest BCUT2D eigenvalue weighted by Gasteiger charge is -2.32. The van der Waals surface area contributed by atoms with Crippen molar-refractivity contribution in [3.05, 3.63) is 24.3 Å². The van der Waals surface area contributed by atoms with Crippen LogP contribution in [0, 0.1) is 11.8 Å². The standard InChI is InChI=1S/C15H21NO4/c1-16-7-5-11(6-8-16)14(15(18)19)10-20-13-4-2-3-12(17)9-13/h2-4,9,11,14,17H,5-8,10H2,1H3,(H,18,19). The molecule has 1 heterocycles. The SMILES string of the molecule is CN1CCC(C(COc2cccc(O)c2)C(=O)O)CC1. The number of carboxylic acid groups (broad SMARTS) is 1. The van der Waals surface area contributed by atoms with E-state index in [1.807, 2.05) is 0 Å². The fraction of sp³-hybridized carbons (Fsp3) is 0.533. The van der Waals surface area contributed by atoms with Crippen LogP contribution in [0.4, 0.5) is 0 Å². The summed E-state index contributed by atoms with van der Waals surface area (Å²) in [4.78, 5) is 13.6. The van der Waals surface area contributed by atoms with Crippen LogP contribution >= 0.6 is 0 Å². The Morgan fingerprint density at radius 3 is 2.75 bits per heavy atom. The van der Waals surface area contributed by atoms with Gasteiger partial charge in [0.05, 0.1) is 5.92 Å². The number of hydrogen-bond acceptors (Lipinski definition) is 4. The molecule has 1 fully saturated rings. The molecule has 20 heavy (non-hydrogen) atoms. The number of nitrogens with zero attached hydrogens (tertiary/aromatic N) is 1. The van der Waals surface area contributed by atoms with Gasteiger partial charge >= 0.3 is 5.97 Å². The molecule has 110 valence electrons. The highest BCUT2D eigenvalue weighted by atomic mass is 16.5. The molecule has 0 radical (unpaired) electrons. The number of carbonyl (C=O) groups is 1. The van der Waals surface area contributed by atoms with Crippen LogP contribution in [-0.2, 0) is 4.79 Å². The highest BCUT2D eigenvalue weighted by Crippen LogP contribution is 2.26. The predicted molar refractivity (Wildman–Crippen MR) is 74.9 cm³/mol. The van der Waals surface area contributed by atoms with Gasteiger partial charge in [0.1, 0.15) is 18.1 Å². The average Bonchev–Trinajstić information content (AvgIpc) is 2.41. The van der Waals surface area contributed by atoms with E-state index in [-0.39, 0.29) is 18.3 Å². The Morgan fingerprint density at radius 2 is 2.15 bits per heavy atom. The van der Waals surface area contributed by atoms with Crippen LogP contribution in [0.2, 0.25) is 0 Å². The minimum atomic E-state index is -0.806. The molecule has 1 atom stereocenters. The van der Waals surface area contributed by atoms with Gasteiger partial charge in [0.25, 0.3) is 0 Å². The Hall–Kier alpha value is -1.75. The van der Waals surface area contributed by atoms with Crippen molar-refractivity contribution >= 4 is 5.97 Å². The molecule has 0 saturated carbocycles. The van der Waals surface area contributed by atoms with Crippen molar-refractivity contribution in [1.82, 2.24) is 4.90 Å². The first kappa shape index (κ1) is 14.7. The van der Waals surface area contributed by atoms with E-state index in [1.165, 1.54) is 6.07 Å². The number of ether oxygens (including phenoxy) is 1. The first-order valence-corrected chi connectivity index (χ1v) is 6.89. The highest BCUT2D eigenvalue weighted by molar-refractivity contribution is 5.70. The molecule has 0 aromatic heterocycles. The summed E-state index contributed by atoms with van der Waals surface area (Å²) in [6, 6.07) is 6.44. The van der Waals surface area contributed by atoms with Crippen LogP contribution in [-0.4, -0.2) is 47.8 Å². The Kier molecular flexibility index (Phi) is 4.84. The summed E-state index contributed by atoms with van der Waals surface area (Å²) in [7, 11) is 2.05. The topological polar surface area (TPSA) is 70.0 Å². The number of aliphatic carboxylic acids is 1. The summed E-state index contributed by atoms with van der Waals surface area (Å²) in [5, 5.41) is 18.7. The van der Waals surface area contributed by atoms with Crippen molar-refractivity contribution in [3.63, 3.8) is 0 Å². The van der Waals surface area contributed by atoms with E-state index in [2.05, 4.69) is 11.9 Å². The molecular weight excluding hydrogens is 258 g/mol. The lowest BCUT2D eigenvalue weighted by molar-refractivity contribution is -0.145. The number of likely N-dealkylation sites (tertiary alicyclic amines) is 1. The van der Waals surface area contributed by atoms with E-state index in [9.17, 15) is 15.0 Å². The fourth-order valence-electron chi connectivity index (χ4n) is 2.60. The first-order chi connectivity index (χ1) is 9.56. The number of rotatable bonds is 5. The zero-order valence-corrected chi connectivity index (χ0v) is 11.7. The maximum Gasteiger partial charge on any atom is 0.310 e. The molecule has 5 heteroatoms. The number of phenols is 1. The van der Waals surface area contributed by atoms with Crippen LogP contribution in [0.5, 0.6) is 11.5 Å². The van der Waals surface area contributed by atoms with E-state index in [0.29, 0.717) is 5.75 Å². The average molecular weight is 279 g/mol. The third-order valence-corrected chi connectivity index (χ3v) is 3.90. The van der Waals surface area contributed by atoms with Crippen molar-refractivity contribution < 1.29 is 19.7 Å². The second kappa shape index (κ2) is 6.61. The molecule has 5 nitrogen and oxygen atoms in total. The maximum absolute atomic E-state index is 11.4. The number of aromatic hydroxyl groups is 1. The van der Waals surface area contributed by atoms with Crippen molar-refractivity contribution in [2.45, 2.75) is 12.8 Å². The van der Waals surface area contributed by atoms with Gasteiger partial charge in [-0.2, -0.15) is 0 Å². The summed E-state index contributed by atoms with van der Waals surface area (Å²) in [6.07, 6.45) is 1.77. The van der Waals surface area contributed by atoms with Crippen molar-refractivity contribution in [3.8, 4) is 11.5 Å². The fourth-order valence-corrected chi connectivity index (χ4v) is 2.60. The molecule has 2 rings (SSSR count). The van der Waals surface area contributed by atoms with E-state index in [0.717, 1.165) is 25.9 Å². The van der Waals surface area contributed by atoms with Crippen LogP contribution in [0.1, 0.15) is 12.8 Å². The van der Waals surface area contributed by atoms with Crippen LogP contribution in [0.3, 0.4) is 0 Å². The van der Waals surface area contributed by atoms with Gasteiger partial charge in [-0.05, 0) is 51.0 Å². The van der Waals surface area contributed by atoms with Gasteiger partial charge < -0.3 is 19.8 Å². The first-order valence-electron chi connectivity index (χ1n) is 6.89. The summed E-state index contributed by atoms with van der Waals surface area (Å²) >= 11 is 0. The van der Waals surface area contributed by atoms with Crippen LogP contribution < -0.4 is 4.74 Å². The quantitative estimate of drug-likeness (QED) is 0.860. The second-order valence-corrected chi connectivity index (χ2v) is 5.39. The van der Waals surface area contributed by atoms with Gasteiger partial charge in [0.15, 0.2) is 0 Å². The summed E-state index contributed by atoms with van der Waals surface area (Å²) in [5.41, 5.74) is 0. The Bertz CT molecular complexity index is 455. The molecule has 2 N–H and O–H groups in total. The van der Waals surface area contributed by atoms with E-state index < -0.39 is 11.9 Å². The van der Waals surface area contributed by atoms with Gasteiger partial charge in [-0.1, -0.05) is 6.07 Å². The molecule has 1 unspecified atom stereocenters. The van der Waals surface area contributed by atoms with Crippen molar-refractivity contribution in [1.29, 1.82) is 0 Å². The zero-order valence-electron chi connectivity index (χ0n) is 11.7. The molecule has 1 aromatic rings. The number of piperidine rings is 1. The van der Waals surface area contributed by atoms with Crippen molar-refractivity contribution in [2.75, 3.05) is 26.7 Å². The molecule has 1 saturated heterocycles. The van der Waals surface area contributed by atoms with E-state index in [4.69, 9.17) is 4.74 Å². The smallest absolute Gasteiger partial charge is 0.310 e. The van der Waals surface area contributed by atoms with E-state index >= 15 is 0 Å². The second-order valence-electron chi connectivity index (χ2n) is 5.39. The number of hydrogen-bond donors (Lipinski definition) is 2. The molecule has 0 bridgehead atoms. The number of phenolic OH excluding ortho intramolecular Hbond substituents is 1. The largest absolute Gasteiger partial charge is 0.508 e. The minimum Gasteiger partial charge on any atom is -0.508 e. The number of benzene rings is 1. The summed E-state index contributed by atoms with van der Waals surface area (Å²) in [6.45, 7) is 2.01. The molecule has 1 aromatic carbocycles. The normalized spacial score (nSPS) is 18.6. The molecular formula is C15H21NO4. The zero-order chi connectivity index (χ0) is 14.5. The molecule has 1 aliphatic heterocycles. The third kappa shape index (κ3) is 3.87. The molecule has 0 aliphatic carbocycles. The maximum atomic E-state index is 11.4. The van der Waals surface area contributed by atoms with Gasteiger partial charge in [-0.25, -0.2) is 0 Å². The van der Waals surface area contributed by atoms with Crippen LogP contribution in [0.15, 0.2) is 24.3 Å². The summed E-state index contributed by atoms with van der Waals surface area (Å²) < 4.78 is 5.54. The van der Waals surface area contributed by atoms with Gasteiger partial charge in [0, 0.05) is 6.07 Å². The Balaban J connectivity index is 1.94. The highest BCUT2D eigenvalue weighted by Gasteiger charge is 2.31. The van der Waals surface area contributed by atoms with Crippen LogP contribution in [0.25, 0.3) is 0 Å². The number of carboxylic acids is 1. The monoisotopic (exact) mass is 279 g/mol. The minimum absolute atomic E-state index is 0.119. The molecule has 0 amide bonds. The lowest BCUT2D eigenvalue weighted by Crippen LogP contribution is -2.38. The van der Waals surface area contributed by atoms with E-state index in [1.54, 1.807) is 18.2 Å². The summed E-state index contributed by atoms with van der Waals surface area (Å²) in [5.74, 6) is -0.524. The molecule has 0 spiro atoms. The van der Waals surface area contributed by atoms with Gasteiger partial charge in [-0.3, -0.25) is 4.79 Å². The Labute approximate surface area is 118 Å². The van der Waals surface area contributed by atoms with Gasteiger partial charge in [0.2, 0.25) is 0 Å². The van der Waals surface area contributed by atoms with Crippen molar-refractivity contribution in [2.24, 2.45) is 11.8 Å². The molecule has 1 aliphatic rings. The van der Waals surface area contributed by atoms with Gasteiger partial charge in [-0.15, -0.1) is 0 Å². The Morgan fingerprint density at radius 1 is 1.45 bits per heavy atom. The third-order valence-electron chi connectivity index (χ3n) is 3.90. The lowest BCUT2D eigenvalue weighted by atomic mass is 9.85. The predicted octanol–water partition coefficient (Wildman–Crippen LogP) is 1.81.